The summed E-state index contributed by atoms with van der Waals surface area (Å²) in [6.45, 7) is 7.96. The van der Waals surface area contributed by atoms with Gasteiger partial charge in [-0.15, -0.1) is 0 Å². The lowest BCUT2D eigenvalue weighted by atomic mass is 10.2. The number of rotatable bonds is 10. The summed E-state index contributed by atoms with van der Waals surface area (Å²) in [4.78, 5) is 17.0. The van der Waals surface area contributed by atoms with Crippen molar-refractivity contribution in [1.29, 1.82) is 0 Å². The van der Waals surface area contributed by atoms with Gasteiger partial charge in [0.25, 0.3) is 5.91 Å². The van der Waals surface area contributed by atoms with Gasteiger partial charge in [-0.3, -0.25) is 9.78 Å². The Labute approximate surface area is 200 Å². The van der Waals surface area contributed by atoms with Gasteiger partial charge in [-0.2, -0.15) is 4.31 Å². The lowest BCUT2D eigenvalue weighted by Crippen LogP contribution is -2.30. The van der Waals surface area contributed by atoms with Gasteiger partial charge in [0.05, 0.1) is 22.9 Å². The average molecular weight is 484 g/mol. The van der Waals surface area contributed by atoms with Gasteiger partial charge in [0.15, 0.2) is 0 Å². The molecular weight excluding hydrogens is 454 g/mol. The molecule has 9 heteroatoms. The smallest absolute Gasteiger partial charge is 0.255 e. The predicted octanol–water partition coefficient (Wildman–Crippen LogP) is 4.94. The first-order valence-electron chi connectivity index (χ1n) is 11.0. The number of amides is 1. The number of nitrogens with one attached hydrogen (secondary N) is 1. The highest BCUT2D eigenvalue weighted by atomic mass is 32.2. The second-order valence-corrected chi connectivity index (χ2v) is 9.62. The molecule has 1 aromatic heterocycles. The second-order valence-electron chi connectivity index (χ2n) is 7.68. The number of ether oxygens (including phenoxy) is 2. The van der Waals surface area contributed by atoms with Gasteiger partial charge in [-0.25, -0.2) is 8.42 Å². The highest BCUT2D eigenvalue weighted by Crippen LogP contribution is 2.31. The van der Waals surface area contributed by atoms with Gasteiger partial charge >= 0.3 is 0 Å². The number of aromatic nitrogens is 1. The van der Waals surface area contributed by atoms with Crippen LogP contribution in [0.3, 0.4) is 0 Å². The molecule has 2 aromatic carbocycles. The van der Waals surface area contributed by atoms with Crippen LogP contribution in [0.1, 0.15) is 38.1 Å². The second kappa shape index (κ2) is 11.1. The molecule has 0 spiro atoms. The maximum Gasteiger partial charge on any atom is 0.255 e. The van der Waals surface area contributed by atoms with E-state index in [2.05, 4.69) is 10.3 Å². The minimum Gasteiger partial charge on any atom is -0.489 e. The summed E-state index contributed by atoms with van der Waals surface area (Å²) in [6.07, 6.45) is 3.08. The Morgan fingerprint density at radius 2 is 1.74 bits per heavy atom. The van der Waals surface area contributed by atoms with Crippen LogP contribution in [0.5, 0.6) is 17.2 Å². The SMILES string of the molecule is CCN(CC)S(=O)(=O)c1ccc(OC(C)C)c(NC(=O)c2ccc(Oc3cccnc3)cc2)c1. The monoisotopic (exact) mass is 483 g/mol. The maximum atomic E-state index is 13.0. The minimum absolute atomic E-state index is 0.0859. The maximum absolute atomic E-state index is 13.0. The van der Waals surface area contributed by atoms with E-state index in [9.17, 15) is 13.2 Å². The molecule has 0 bridgehead atoms. The highest BCUT2D eigenvalue weighted by molar-refractivity contribution is 7.89. The molecule has 1 amide bonds. The van der Waals surface area contributed by atoms with Crippen molar-refractivity contribution in [3.8, 4) is 17.2 Å². The van der Waals surface area contributed by atoms with E-state index < -0.39 is 15.9 Å². The van der Waals surface area contributed by atoms with Crippen LogP contribution in [0, 0.1) is 0 Å². The zero-order chi connectivity index (χ0) is 24.7. The fraction of sp³-hybridized carbons (Fsp3) is 0.280. The molecule has 1 heterocycles. The molecule has 0 aliphatic carbocycles. The Hall–Kier alpha value is -3.43. The van der Waals surface area contributed by atoms with Crippen LogP contribution in [0.4, 0.5) is 5.69 Å². The highest BCUT2D eigenvalue weighted by Gasteiger charge is 2.24. The molecule has 34 heavy (non-hydrogen) atoms. The van der Waals surface area contributed by atoms with Crippen LogP contribution in [0.15, 0.2) is 71.9 Å². The summed E-state index contributed by atoms with van der Waals surface area (Å²) in [6, 6.07) is 14.6. The van der Waals surface area contributed by atoms with Gasteiger partial charge in [-0.1, -0.05) is 13.8 Å². The van der Waals surface area contributed by atoms with E-state index >= 15 is 0 Å². The summed E-state index contributed by atoms with van der Waals surface area (Å²) in [5.41, 5.74) is 0.661. The van der Waals surface area contributed by atoms with Crippen LogP contribution in [0.2, 0.25) is 0 Å². The van der Waals surface area contributed by atoms with Gasteiger partial charge < -0.3 is 14.8 Å². The molecule has 180 valence electrons. The van der Waals surface area contributed by atoms with E-state index in [1.54, 1.807) is 68.7 Å². The molecule has 1 N–H and O–H groups in total. The molecule has 3 rings (SSSR count). The van der Waals surface area contributed by atoms with Crippen molar-refractivity contribution < 1.29 is 22.7 Å². The third kappa shape index (κ3) is 6.12. The lowest BCUT2D eigenvalue weighted by Gasteiger charge is -2.20. The van der Waals surface area contributed by atoms with E-state index in [4.69, 9.17) is 9.47 Å². The van der Waals surface area contributed by atoms with Gasteiger partial charge in [-0.05, 0) is 68.4 Å². The van der Waals surface area contributed by atoms with E-state index in [0.29, 0.717) is 35.9 Å². The zero-order valence-electron chi connectivity index (χ0n) is 19.7. The quantitative estimate of drug-likeness (QED) is 0.438. The number of hydrogen-bond donors (Lipinski definition) is 1. The third-order valence-corrected chi connectivity index (χ3v) is 6.94. The topological polar surface area (TPSA) is 97.8 Å². The number of carbonyl (C=O) groups is 1. The van der Waals surface area contributed by atoms with E-state index in [0.717, 1.165) is 0 Å². The Balaban J connectivity index is 1.85. The molecule has 0 saturated heterocycles. The standard InChI is InChI=1S/C25H29N3O5S/c1-5-28(6-2)34(30,31)22-13-14-24(32-18(3)4)23(16-22)27-25(29)19-9-11-20(12-10-19)33-21-8-7-15-26-17-21/h7-18H,5-6H2,1-4H3,(H,27,29). The molecule has 0 unspecified atom stereocenters. The molecule has 0 radical (unpaired) electrons. The number of anilines is 1. The van der Waals surface area contributed by atoms with Gasteiger partial charge in [0, 0.05) is 24.8 Å². The van der Waals surface area contributed by atoms with Crippen molar-refractivity contribution in [2.24, 2.45) is 0 Å². The first-order chi connectivity index (χ1) is 16.2. The zero-order valence-corrected chi connectivity index (χ0v) is 20.5. The summed E-state index contributed by atoms with van der Waals surface area (Å²) in [5, 5.41) is 2.79. The number of pyridine rings is 1. The first-order valence-corrected chi connectivity index (χ1v) is 12.5. The average Bonchev–Trinajstić information content (AvgIpc) is 2.81. The molecular formula is C25H29N3O5S. The number of nitrogens with zero attached hydrogens (tertiary/aromatic N) is 2. The summed E-state index contributed by atoms with van der Waals surface area (Å²) in [7, 11) is -3.70. The fourth-order valence-electron chi connectivity index (χ4n) is 3.25. The minimum atomic E-state index is -3.70. The first kappa shape index (κ1) is 25.2. The molecule has 3 aromatic rings. The summed E-state index contributed by atoms with van der Waals surface area (Å²) in [5.74, 6) is 1.12. The Bertz CT molecular complexity index is 1210. The fourth-order valence-corrected chi connectivity index (χ4v) is 4.73. The normalized spacial score (nSPS) is 11.5. The molecule has 8 nitrogen and oxygen atoms in total. The number of sulfonamides is 1. The predicted molar refractivity (Wildman–Crippen MR) is 131 cm³/mol. The molecule has 0 aliphatic rings. The number of benzene rings is 2. The molecule has 0 fully saturated rings. The van der Waals surface area contributed by atoms with Crippen LogP contribution < -0.4 is 14.8 Å². The van der Waals surface area contributed by atoms with E-state index in [1.807, 2.05) is 13.8 Å². The van der Waals surface area contributed by atoms with Crippen LogP contribution >= 0.6 is 0 Å². The molecule has 0 saturated carbocycles. The molecule has 0 atom stereocenters. The van der Waals surface area contributed by atoms with Crippen LogP contribution in [0.25, 0.3) is 0 Å². The van der Waals surface area contributed by atoms with E-state index in [-0.39, 0.29) is 16.7 Å². The Morgan fingerprint density at radius 3 is 2.32 bits per heavy atom. The van der Waals surface area contributed by atoms with E-state index in [1.165, 1.54) is 16.4 Å². The number of hydrogen-bond acceptors (Lipinski definition) is 6. The van der Waals surface area contributed by atoms with Crippen molar-refractivity contribution in [2.75, 3.05) is 18.4 Å². The van der Waals surface area contributed by atoms with Crippen molar-refractivity contribution in [1.82, 2.24) is 9.29 Å². The van der Waals surface area contributed by atoms with Gasteiger partial charge in [0.2, 0.25) is 10.0 Å². The summed E-state index contributed by atoms with van der Waals surface area (Å²) >= 11 is 0. The van der Waals surface area contributed by atoms with Crippen LogP contribution in [-0.2, 0) is 10.0 Å². The number of carbonyl (C=O) groups excluding carboxylic acids is 1. The van der Waals surface area contributed by atoms with Crippen molar-refractivity contribution >= 4 is 21.6 Å². The van der Waals surface area contributed by atoms with Gasteiger partial charge in [0.1, 0.15) is 17.2 Å². The Morgan fingerprint density at radius 1 is 1.03 bits per heavy atom. The van der Waals surface area contributed by atoms with Crippen molar-refractivity contribution in [2.45, 2.75) is 38.7 Å². The van der Waals surface area contributed by atoms with Crippen molar-refractivity contribution in [3.05, 3.63) is 72.6 Å². The largest absolute Gasteiger partial charge is 0.489 e. The molecule has 0 aliphatic heterocycles. The van der Waals surface area contributed by atoms with Crippen LogP contribution in [-0.4, -0.2) is 42.8 Å². The van der Waals surface area contributed by atoms with Crippen molar-refractivity contribution in [3.63, 3.8) is 0 Å². The Kier molecular flexibility index (Phi) is 8.25. The third-order valence-electron chi connectivity index (χ3n) is 4.89. The summed E-state index contributed by atoms with van der Waals surface area (Å²) < 4.78 is 38.8. The lowest BCUT2D eigenvalue weighted by molar-refractivity contribution is 0.102.